The third-order valence-corrected chi connectivity index (χ3v) is 7.42. The maximum absolute atomic E-state index is 11.5. The molecule has 0 aliphatic carbocycles. The molecule has 0 saturated carbocycles. The molecule has 2 N–H and O–H groups in total. The van der Waals surface area contributed by atoms with E-state index in [1.165, 1.54) is 14.2 Å². The van der Waals surface area contributed by atoms with Crippen LogP contribution >= 0.6 is 0 Å². The van der Waals surface area contributed by atoms with Crippen LogP contribution in [-0.4, -0.2) is 96.6 Å². The van der Waals surface area contributed by atoms with E-state index in [0.717, 1.165) is 25.7 Å². The number of hydrogen-bond acceptors (Lipinski definition) is 8. The molecule has 4 aliphatic heterocycles. The molecule has 8 unspecified atom stereocenters. The first-order valence-electron chi connectivity index (χ1n) is 10.3. The molecule has 8 heteroatoms. The monoisotopic (exact) mass is 398 g/mol. The standard InChI is InChI=1S/2C10H17NO3/c2*1-11-6-3-4-7(11)9(8(12)5-6)10(13)14-2/h2*6-9,12H,3-5H2,1-2H3. The highest BCUT2D eigenvalue weighted by Crippen LogP contribution is 2.39. The Labute approximate surface area is 166 Å². The summed E-state index contributed by atoms with van der Waals surface area (Å²) >= 11 is 0. The molecule has 8 atom stereocenters. The molecule has 8 nitrogen and oxygen atoms in total. The van der Waals surface area contributed by atoms with Gasteiger partial charge in [-0.3, -0.25) is 19.4 Å². The average molecular weight is 399 g/mol. The Kier molecular flexibility index (Phi) is 6.64. The van der Waals surface area contributed by atoms with Crippen molar-refractivity contribution in [3.05, 3.63) is 0 Å². The normalized spacial score (nSPS) is 42.5. The number of aliphatic hydroxyl groups is 2. The molecule has 0 radical (unpaired) electrons. The van der Waals surface area contributed by atoms with Crippen molar-refractivity contribution < 1.29 is 29.3 Å². The number of carbonyl (C=O) groups is 2. The van der Waals surface area contributed by atoms with Gasteiger partial charge in [0.15, 0.2) is 0 Å². The van der Waals surface area contributed by atoms with Crippen LogP contribution in [0, 0.1) is 11.8 Å². The second kappa shape index (κ2) is 8.65. The molecule has 0 amide bonds. The fourth-order valence-electron chi connectivity index (χ4n) is 5.78. The van der Waals surface area contributed by atoms with Gasteiger partial charge in [0.05, 0.1) is 38.3 Å². The Morgan fingerprint density at radius 2 is 1.11 bits per heavy atom. The Morgan fingerprint density at radius 3 is 1.43 bits per heavy atom. The number of fused-ring (bicyclic) bond motifs is 4. The highest BCUT2D eigenvalue weighted by Gasteiger charge is 2.49. The van der Waals surface area contributed by atoms with Crippen molar-refractivity contribution in [3.63, 3.8) is 0 Å². The van der Waals surface area contributed by atoms with Gasteiger partial charge < -0.3 is 19.7 Å². The largest absolute Gasteiger partial charge is 0.469 e. The number of hydrogen-bond donors (Lipinski definition) is 2. The first kappa shape index (κ1) is 21.5. The van der Waals surface area contributed by atoms with Crippen LogP contribution in [0.5, 0.6) is 0 Å². The molecule has 28 heavy (non-hydrogen) atoms. The Bertz CT molecular complexity index is 537. The highest BCUT2D eigenvalue weighted by atomic mass is 16.5. The van der Waals surface area contributed by atoms with Crippen molar-refractivity contribution in [2.24, 2.45) is 11.8 Å². The minimum atomic E-state index is -0.517. The van der Waals surface area contributed by atoms with Crippen LogP contribution in [0.2, 0.25) is 0 Å². The molecule has 160 valence electrons. The molecule has 0 aromatic heterocycles. The number of methoxy groups -OCH3 is 2. The molecular weight excluding hydrogens is 364 g/mol. The van der Waals surface area contributed by atoms with Crippen LogP contribution in [0.3, 0.4) is 0 Å². The lowest BCUT2D eigenvalue weighted by molar-refractivity contribution is -0.156. The summed E-state index contributed by atoms with van der Waals surface area (Å²) in [5.74, 6) is -1.23. The van der Waals surface area contributed by atoms with Crippen LogP contribution < -0.4 is 0 Å². The van der Waals surface area contributed by atoms with E-state index in [1.807, 2.05) is 14.1 Å². The third-order valence-electron chi connectivity index (χ3n) is 7.42. The van der Waals surface area contributed by atoms with Crippen LogP contribution in [0.25, 0.3) is 0 Å². The van der Waals surface area contributed by atoms with Crippen molar-refractivity contribution in [2.45, 2.75) is 74.9 Å². The van der Waals surface area contributed by atoms with Crippen LogP contribution in [0.1, 0.15) is 38.5 Å². The number of nitrogens with zero attached hydrogens (tertiary/aromatic N) is 2. The molecule has 0 aromatic carbocycles. The van der Waals surface area contributed by atoms with Crippen LogP contribution in [-0.2, 0) is 19.1 Å². The van der Waals surface area contributed by atoms with Gasteiger partial charge in [0, 0.05) is 24.2 Å². The number of rotatable bonds is 2. The fourth-order valence-corrected chi connectivity index (χ4v) is 5.78. The van der Waals surface area contributed by atoms with E-state index in [9.17, 15) is 19.8 Å². The van der Waals surface area contributed by atoms with Crippen molar-refractivity contribution in [3.8, 4) is 0 Å². The molecule has 4 fully saturated rings. The van der Waals surface area contributed by atoms with E-state index >= 15 is 0 Å². The summed E-state index contributed by atoms with van der Waals surface area (Å²) in [6.45, 7) is 0. The second-order valence-corrected chi connectivity index (χ2v) is 8.63. The van der Waals surface area contributed by atoms with E-state index in [1.54, 1.807) is 0 Å². The van der Waals surface area contributed by atoms with Gasteiger partial charge >= 0.3 is 11.9 Å². The summed E-state index contributed by atoms with van der Waals surface area (Å²) in [7, 11) is 6.83. The van der Waals surface area contributed by atoms with Crippen molar-refractivity contribution in [1.29, 1.82) is 0 Å². The van der Waals surface area contributed by atoms with Crippen molar-refractivity contribution in [2.75, 3.05) is 28.3 Å². The lowest BCUT2D eigenvalue weighted by Crippen LogP contribution is -2.52. The number of carbonyl (C=O) groups excluding carboxylic acids is 2. The number of esters is 2. The quantitative estimate of drug-likeness (QED) is 0.628. The van der Waals surface area contributed by atoms with Gasteiger partial charge in [-0.1, -0.05) is 0 Å². The molecule has 4 saturated heterocycles. The van der Waals surface area contributed by atoms with Gasteiger partial charge in [0.25, 0.3) is 0 Å². The Hall–Kier alpha value is -1.22. The van der Waals surface area contributed by atoms with Crippen LogP contribution in [0.4, 0.5) is 0 Å². The van der Waals surface area contributed by atoms with E-state index in [-0.39, 0.29) is 35.9 Å². The summed E-state index contributed by atoms with van der Waals surface area (Å²) < 4.78 is 9.47. The van der Waals surface area contributed by atoms with E-state index in [2.05, 4.69) is 9.80 Å². The van der Waals surface area contributed by atoms with Gasteiger partial charge in [-0.2, -0.15) is 0 Å². The second-order valence-electron chi connectivity index (χ2n) is 8.63. The van der Waals surface area contributed by atoms with Crippen LogP contribution in [0.15, 0.2) is 0 Å². The summed E-state index contributed by atoms with van der Waals surface area (Å²) in [6, 6.07) is 1.26. The van der Waals surface area contributed by atoms with Crippen molar-refractivity contribution in [1.82, 2.24) is 9.80 Å². The predicted molar refractivity (Wildman–Crippen MR) is 101 cm³/mol. The molecule has 0 spiro atoms. The SMILES string of the molecule is COC(=O)C1C(O)CC2CCC1N2C.COC(=O)C1C(O)CC2CCC1N2C. The summed E-state index contributed by atoms with van der Waals surface area (Å²) in [6.07, 6.45) is 4.54. The van der Waals surface area contributed by atoms with Gasteiger partial charge in [-0.25, -0.2) is 0 Å². The zero-order valence-electron chi connectivity index (χ0n) is 17.3. The minimum Gasteiger partial charge on any atom is -0.469 e. The lowest BCUT2D eigenvalue weighted by atomic mass is 9.88. The molecule has 4 heterocycles. The van der Waals surface area contributed by atoms with Gasteiger partial charge in [-0.15, -0.1) is 0 Å². The maximum atomic E-state index is 11.5. The first-order chi connectivity index (χ1) is 13.3. The Balaban J connectivity index is 0.000000161. The van der Waals surface area contributed by atoms with Crippen molar-refractivity contribution >= 4 is 11.9 Å². The lowest BCUT2D eigenvalue weighted by Gasteiger charge is -2.39. The first-order valence-corrected chi connectivity index (χ1v) is 10.3. The molecule has 0 aromatic rings. The summed E-state index contributed by atoms with van der Waals surface area (Å²) in [5.41, 5.74) is 0. The number of ether oxygens (including phenoxy) is 2. The van der Waals surface area contributed by atoms with E-state index in [0.29, 0.717) is 24.9 Å². The molecule has 4 rings (SSSR count). The van der Waals surface area contributed by atoms with E-state index in [4.69, 9.17) is 9.47 Å². The van der Waals surface area contributed by atoms with Gasteiger partial charge in [0.2, 0.25) is 0 Å². The Morgan fingerprint density at radius 1 is 0.750 bits per heavy atom. The highest BCUT2D eigenvalue weighted by molar-refractivity contribution is 5.74. The maximum Gasteiger partial charge on any atom is 0.312 e. The smallest absolute Gasteiger partial charge is 0.312 e. The molecular formula is C20H34N2O6. The van der Waals surface area contributed by atoms with Gasteiger partial charge in [-0.05, 0) is 52.6 Å². The third kappa shape index (κ3) is 3.79. The zero-order chi connectivity index (χ0) is 20.6. The van der Waals surface area contributed by atoms with Gasteiger partial charge in [0.1, 0.15) is 0 Å². The predicted octanol–water partition coefficient (Wildman–Crippen LogP) is 0.00600. The topological polar surface area (TPSA) is 99.5 Å². The summed E-state index contributed by atoms with van der Waals surface area (Å²) in [5, 5.41) is 19.7. The zero-order valence-corrected chi connectivity index (χ0v) is 17.3. The number of aliphatic hydroxyl groups excluding tert-OH is 2. The number of piperidine rings is 2. The fraction of sp³-hybridized carbons (Fsp3) is 0.900. The van der Waals surface area contributed by atoms with E-state index < -0.39 is 12.2 Å². The average Bonchev–Trinajstić information content (AvgIpc) is 3.05. The molecule has 4 aliphatic rings. The summed E-state index contributed by atoms with van der Waals surface area (Å²) in [4.78, 5) is 27.4. The molecule has 4 bridgehead atoms. The minimum absolute atomic E-state index is 0.177.